The van der Waals surface area contributed by atoms with E-state index in [2.05, 4.69) is 10.3 Å². The minimum Gasteiger partial charge on any atom is -0.454 e. The third kappa shape index (κ3) is 3.26. The predicted octanol–water partition coefficient (Wildman–Crippen LogP) is 4.52. The highest BCUT2D eigenvalue weighted by Gasteiger charge is 2.16. The van der Waals surface area contributed by atoms with Crippen LogP contribution in [0.15, 0.2) is 82.5 Å². The Balaban J connectivity index is 1.71. The van der Waals surface area contributed by atoms with Crippen molar-refractivity contribution in [2.75, 3.05) is 0 Å². The van der Waals surface area contributed by atoms with Gasteiger partial charge in [-0.3, -0.25) is 10.1 Å². The number of nitro benzene ring substituents is 1. The van der Waals surface area contributed by atoms with Crippen molar-refractivity contribution in [3.05, 3.63) is 88.6 Å². The zero-order chi connectivity index (χ0) is 19.5. The van der Waals surface area contributed by atoms with E-state index in [0.717, 1.165) is 5.69 Å². The van der Waals surface area contributed by atoms with Crippen LogP contribution < -0.4 is 0 Å². The second-order valence-corrected chi connectivity index (χ2v) is 5.93. The van der Waals surface area contributed by atoms with Crippen molar-refractivity contribution in [3.8, 4) is 28.5 Å². The number of nitro groups is 1. The van der Waals surface area contributed by atoms with Gasteiger partial charge >= 0.3 is 0 Å². The van der Waals surface area contributed by atoms with Crippen molar-refractivity contribution in [1.29, 1.82) is 0 Å². The highest BCUT2D eigenvalue weighted by molar-refractivity contribution is 5.87. The van der Waals surface area contributed by atoms with Gasteiger partial charge in [-0.05, 0) is 36.4 Å². The summed E-state index contributed by atoms with van der Waals surface area (Å²) in [6.45, 7) is 0. The van der Waals surface area contributed by atoms with E-state index in [1.165, 1.54) is 18.3 Å². The van der Waals surface area contributed by atoms with E-state index >= 15 is 0 Å². The van der Waals surface area contributed by atoms with Gasteiger partial charge in [0.25, 0.3) is 5.69 Å². The van der Waals surface area contributed by atoms with E-state index in [0.29, 0.717) is 28.3 Å². The van der Waals surface area contributed by atoms with Gasteiger partial charge in [0.15, 0.2) is 5.76 Å². The molecule has 0 saturated heterocycles. The lowest BCUT2D eigenvalue weighted by Gasteiger charge is -1.99. The zero-order valence-electron chi connectivity index (χ0n) is 14.5. The molecular formula is C20H14N4O4. The number of hydrogen-bond acceptors (Lipinski definition) is 6. The number of para-hydroxylation sites is 1. The molecule has 0 unspecified atom stereocenters. The molecular weight excluding hydrogens is 360 g/mol. The van der Waals surface area contributed by atoms with Crippen LogP contribution in [0.3, 0.4) is 0 Å². The quantitative estimate of drug-likeness (QED) is 0.239. The first kappa shape index (κ1) is 17.2. The van der Waals surface area contributed by atoms with E-state index in [1.807, 2.05) is 30.3 Å². The van der Waals surface area contributed by atoms with Crippen molar-refractivity contribution in [2.24, 2.45) is 5.16 Å². The van der Waals surface area contributed by atoms with Gasteiger partial charge in [0.2, 0.25) is 0 Å². The lowest BCUT2D eigenvalue weighted by atomic mass is 10.1. The fourth-order valence-corrected chi connectivity index (χ4v) is 2.82. The molecule has 1 N–H and O–H groups in total. The molecule has 8 heteroatoms. The lowest BCUT2D eigenvalue weighted by molar-refractivity contribution is -0.384. The third-order valence-corrected chi connectivity index (χ3v) is 4.16. The Labute approximate surface area is 159 Å². The van der Waals surface area contributed by atoms with Crippen LogP contribution in [0.4, 0.5) is 5.69 Å². The normalized spacial score (nSPS) is 11.1. The summed E-state index contributed by atoms with van der Waals surface area (Å²) in [5.41, 5.74) is 2.66. The number of oxime groups is 1. The standard InChI is InChI=1S/C20H14N4O4/c25-21-12-15-13-23(16-4-2-1-3-5-16)22-20(15)19-11-10-18(28-19)14-6-8-17(9-7-14)24(26)27/h1-13,25H/b21-12+. The average molecular weight is 374 g/mol. The van der Waals surface area contributed by atoms with Gasteiger partial charge in [-0.15, -0.1) is 0 Å². The van der Waals surface area contributed by atoms with Crippen molar-refractivity contribution in [3.63, 3.8) is 0 Å². The molecule has 0 aliphatic carbocycles. The molecule has 0 aliphatic rings. The van der Waals surface area contributed by atoms with Gasteiger partial charge in [0.05, 0.1) is 16.8 Å². The maximum Gasteiger partial charge on any atom is 0.269 e. The summed E-state index contributed by atoms with van der Waals surface area (Å²) < 4.78 is 7.57. The fraction of sp³-hybridized carbons (Fsp3) is 0. The van der Waals surface area contributed by atoms with Crippen LogP contribution in [-0.2, 0) is 0 Å². The minimum absolute atomic E-state index is 0.0126. The predicted molar refractivity (Wildman–Crippen MR) is 103 cm³/mol. The molecule has 0 radical (unpaired) electrons. The molecule has 2 heterocycles. The van der Waals surface area contributed by atoms with Gasteiger partial charge in [0, 0.05) is 29.5 Å². The van der Waals surface area contributed by atoms with Gasteiger partial charge in [-0.2, -0.15) is 5.10 Å². The van der Waals surface area contributed by atoms with Crippen LogP contribution >= 0.6 is 0 Å². The SMILES string of the molecule is O=[N+]([O-])c1ccc(-c2ccc(-c3nn(-c4ccccc4)cc3/C=N/O)o2)cc1. The molecule has 4 rings (SSSR count). The Bertz CT molecular complexity index is 1140. The van der Waals surface area contributed by atoms with E-state index in [1.54, 1.807) is 35.1 Å². The zero-order valence-corrected chi connectivity index (χ0v) is 14.5. The first-order valence-corrected chi connectivity index (χ1v) is 8.33. The summed E-state index contributed by atoms with van der Waals surface area (Å²) in [5.74, 6) is 1.03. The monoisotopic (exact) mass is 374 g/mol. The fourth-order valence-electron chi connectivity index (χ4n) is 2.82. The van der Waals surface area contributed by atoms with Gasteiger partial charge < -0.3 is 9.62 Å². The highest BCUT2D eigenvalue weighted by Crippen LogP contribution is 2.30. The summed E-state index contributed by atoms with van der Waals surface area (Å²) >= 11 is 0. The van der Waals surface area contributed by atoms with Crippen LogP contribution in [0.1, 0.15) is 5.56 Å². The Morgan fingerprint density at radius 3 is 2.43 bits per heavy atom. The molecule has 0 aliphatic heterocycles. The van der Waals surface area contributed by atoms with E-state index in [4.69, 9.17) is 9.62 Å². The topological polar surface area (TPSA) is 107 Å². The molecule has 0 atom stereocenters. The molecule has 0 spiro atoms. The van der Waals surface area contributed by atoms with Crippen LogP contribution in [0.25, 0.3) is 28.5 Å². The Hall–Kier alpha value is -4.20. The Morgan fingerprint density at radius 2 is 1.75 bits per heavy atom. The van der Waals surface area contributed by atoms with Crippen molar-refractivity contribution in [1.82, 2.24) is 9.78 Å². The smallest absolute Gasteiger partial charge is 0.269 e. The van der Waals surface area contributed by atoms with Crippen LogP contribution in [0.2, 0.25) is 0 Å². The minimum atomic E-state index is -0.450. The highest BCUT2D eigenvalue weighted by atomic mass is 16.6. The van der Waals surface area contributed by atoms with E-state index < -0.39 is 4.92 Å². The maximum absolute atomic E-state index is 10.8. The summed E-state index contributed by atoms with van der Waals surface area (Å²) in [6, 6.07) is 19.1. The second kappa shape index (κ2) is 7.20. The molecule has 0 amide bonds. The number of rotatable bonds is 5. The van der Waals surface area contributed by atoms with Crippen molar-refractivity contribution < 1.29 is 14.5 Å². The summed E-state index contributed by atoms with van der Waals surface area (Å²) in [5, 5.41) is 27.4. The number of hydrogen-bond donors (Lipinski definition) is 1. The van der Waals surface area contributed by atoms with Crippen LogP contribution in [0.5, 0.6) is 0 Å². The molecule has 0 saturated carbocycles. The molecule has 138 valence electrons. The van der Waals surface area contributed by atoms with Gasteiger partial charge in [0.1, 0.15) is 11.5 Å². The van der Waals surface area contributed by atoms with Crippen molar-refractivity contribution in [2.45, 2.75) is 0 Å². The molecule has 0 bridgehead atoms. The average Bonchev–Trinajstić information content (AvgIpc) is 3.36. The lowest BCUT2D eigenvalue weighted by Crippen LogP contribution is -1.93. The van der Waals surface area contributed by atoms with E-state index in [9.17, 15) is 10.1 Å². The van der Waals surface area contributed by atoms with E-state index in [-0.39, 0.29) is 5.69 Å². The van der Waals surface area contributed by atoms with Gasteiger partial charge in [-0.25, -0.2) is 4.68 Å². The Kier molecular flexibility index (Phi) is 4.43. The molecule has 0 fully saturated rings. The maximum atomic E-state index is 10.8. The number of non-ortho nitro benzene ring substituents is 1. The van der Waals surface area contributed by atoms with Crippen LogP contribution in [-0.4, -0.2) is 26.1 Å². The summed E-state index contributed by atoms with van der Waals surface area (Å²) in [6.07, 6.45) is 3.02. The number of nitrogens with zero attached hydrogens (tertiary/aromatic N) is 4. The number of aromatic nitrogens is 2. The Morgan fingerprint density at radius 1 is 1.04 bits per heavy atom. The van der Waals surface area contributed by atoms with Crippen LogP contribution in [0, 0.1) is 10.1 Å². The molecule has 4 aromatic rings. The third-order valence-electron chi connectivity index (χ3n) is 4.16. The van der Waals surface area contributed by atoms with Crippen molar-refractivity contribution >= 4 is 11.9 Å². The molecule has 28 heavy (non-hydrogen) atoms. The molecule has 2 aromatic carbocycles. The molecule has 8 nitrogen and oxygen atoms in total. The first-order chi connectivity index (χ1) is 13.7. The molecule has 2 aromatic heterocycles. The largest absolute Gasteiger partial charge is 0.454 e. The second-order valence-electron chi connectivity index (χ2n) is 5.93. The number of benzene rings is 2. The first-order valence-electron chi connectivity index (χ1n) is 8.33. The number of furan rings is 1. The van der Waals surface area contributed by atoms with Gasteiger partial charge in [-0.1, -0.05) is 23.4 Å². The summed E-state index contributed by atoms with van der Waals surface area (Å²) in [4.78, 5) is 10.3. The summed E-state index contributed by atoms with van der Waals surface area (Å²) in [7, 11) is 0.